The summed E-state index contributed by atoms with van der Waals surface area (Å²) >= 11 is 0. The molecule has 2 aromatic carbocycles. The maximum absolute atomic E-state index is 13.2. The number of amides is 7. The molecule has 0 heterocycles. The molecular formula is C43H61N7O9. The Bertz CT molecular complexity index is 1710. The van der Waals surface area contributed by atoms with Gasteiger partial charge in [-0.05, 0) is 29.9 Å². The molecule has 0 aliphatic carbocycles. The van der Waals surface area contributed by atoms with Gasteiger partial charge in [0, 0.05) is 38.0 Å². The molecule has 59 heavy (non-hydrogen) atoms. The number of benzene rings is 2. The molecule has 5 atom stereocenters. The van der Waals surface area contributed by atoms with Crippen LogP contribution in [0.2, 0.25) is 0 Å². The van der Waals surface area contributed by atoms with Gasteiger partial charge in [-0.25, -0.2) is 4.79 Å². The van der Waals surface area contributed by atoms with Crippen LogP contribution in [0.1, 0.15) is 95.6 Å². The van der Waals surface area contributed by atoms with Crippen LogP contribution in [0.3, 0.4) is 0 Å². The Morgan fingerprint density at radius 2 is 1.14 bits per heavy atom. The number of nitrogens with two attached hydrogens (primary N) is 2. The quantitative estimate of drug-likeness (QED) is 0.0339. The van der Waals surface area contributed by atoms with E-state index in [-0.39, 0.29) is 37.6 Å². The molecule has 322 valence electrons. The summed E-state index contributed by atoms with van der Waals surface area (Å²) in [5.41, 5.74) is 12.5. The van der Waals surface area contributed by atoms with Gasteiger partial charge >= 0.3 is 5.97 Å². The van der Waals surface area contributed by atoms with E-state index < -0.39 is 65.6 Å². The average Bonchev–Trinajstić information content (AvgIpc) is 3.21. The van der Waals surface area contributed by atoms with E-state index in [4.69, 9.17) is 16.6 Å². The molecule has 0 saturated carbocycles. The third-order valence-corrected chi connectivity index (χ3v) is 9.76. The Morgan fingerprint density at radius 3 is 1.64 bits per heavy atom. The summed E-state index contributed by atoms with van der Waals surface area (Å²) in [5.74, 6) is -6.37. The lowest BCUT2D eigenvalue weighted by Crippen LogP contribution is -2.58. The number of rotatable bonds is 29. The van der Waals surface area contributed by atoms with Gasteiger partial charge in [-0.1, -0.05) is 126 Å². The SMILES string of the molecule is CCC(C)[C@H](NC(=O)CCCCCCCCCCCNC(=O)[C@@H](NC(=O)[C@H](Cc1ccccc1)NC(=O)/C=C/C(=O)O)C(N)=O)C(=O)N[C@@H](Cc1ccccc1)C(N)=O. The number of hydrogen-bond donors (Lipinski definition) is 8. The van der Waals surface area contributed by atoms with E-state index >= 15 is 0 Å². The van der Waals surface area contributed by atoms with Crippen LogP contribution < -0.4 is 38.1 Å². The maximum Gasteiger partial charge on any atom is 0.328 e. The number of hydrogen-bond acceptors (Lipinski definition) is 8. The standard InChI is InChI=1S/C43H61N7O9/c1-3-29(2)37(43(59)48-32(39(44)55)27-30-19-13-11-14-20-30)49-34(51)23-17-9-7-5-4-6-8-10-18-26-46-42(58)38(40(45)56)50-41(57)33(28-31-21-15-12-16-22-31)47-35(52)24-25-36(53)54/h11-16,19-22,24-25,29,32-33,37-38H,3-10,17-18,23,26-28H2,1-2H3,(H2,44,55)(H2,45,56)(H,46,58)(H,47,52)(H,48,59)(H,49,51)(H,50,57)(H,53,54)/b25-24+/t29?,32-,33-,37-,38-/m0/s1. The average molecular weight is 820 g/mol. The van der Waals surface area contributed by atoms with Gasteiger partial charge < -0.3 is 43.2 Å². The number of carboxylic acid groups (broad SMARTS) is 1. The van der Waals surface area contributed by atoms with E-state index in [1.165, 1.54) is 0 Å². The highest BCUT2D eigenvalue weighted by Gasteiger charge is 2.31. The van der Waals surface area contributed by atoms with E-state index in [9.17, 15) is 38.4 Å². The van der Waals surface area contributed by atoms with Gasteiger partial charge in [0.05, 0.1) is 0 Å². The first-order valence-corrected chi connectivity index (χ1v) is 20.3. The molecule has 0 radical (unpaired) electrons. The second-order valence-corrected chi connectivity index (χ2v) is 14.6. The highest BCUT2D eigenvalue weighted by Crippen LogP contribution is 2.13. The van der Waals surface area contributed by atoms with Gasteiger partial charge in [0.1, 0.15) is 18.1 Å². The van der Waals surface area contributed by atoms with Crippen molar-refractivity contribution in [3.05, 3.63) is 83.9 Å². The summed E-state index contributed by atoms with van der Waals surface area (Å²) < 4.78 is 0. The van der Waals surface area contributed by atoms with Gasteiger partial charge in [0.25, 0.3) is 5.91 Å². The summed E-state index contributed by atoms with van der Waals surface area (Å²) in [5, 5.41) is 21.7. The first-order valence-electron chi connectivity index (χ1n) is 20.3. The second kappa shape index (κ2) is 27.6. The predicted octanol–water partition coefficient (Wildman–Crippen LogP) is 2.09. The third-order valence-electron chi connectivity index (χ3n) is 9.76. The molecule has 0 aliphatic heterocycles. The van der Waals surface area contributed by atoms with Crippen LogP contribution in [-0.2, 0) is 51.2 Å². The van der Waals surface area contributed by atoms with Crippen molar-refractivity contribution in [3.63, 3.8) is 0 Å². The van der Waals surface area contributed by atoms with Crippen LogP contribution in [0.4, 0.5) is 0 Å². The molecule has 0 saturated heterocycles. The van der Waals surface area contributed by atoms with Gasteiger partial charge in [-0.15, -0.1) is 0 Å². The molecule has 2 rings (SSSR count). The molecule has 7 amide bonds. The van der Waals surface area contributed by atoms with E-state index in [0.717, 1.165) is 56.6 Å². The molecule has 0 bridgehead atoms. The van der Waals surface area contributed by atoms with Crippen LogP contribution in [0.25, 0.3) is 0 Å². The van der Waals surface area contributed by atoms with Crippen LogP contribution in [0, 0.1) is 5.92 Å². The zero-order chi connectivity index (χ0) is 43.6. The topological polar surface area (TPSA) is 269 Å². The third kappa shape index (κ3) is 20.3. The highest BCUT2D eigenvalue weighted by molar-refractivity contribution is 6.07. The molecule has 0 aromatic heterocycles. The maximum atomic E-state index is 13.2. The smallest absolute Gasteiger partial charge is 0.328 e. The fraction of sp³-hybridized carbons (Fsp3) is 0.488. The molecular weight excluding hydrogens is 759 g/mol. The van der Waals surface area contributed by atoms with Crippen molar-refractivity contribution in [1.29, 1.82) is 0 Å². The highest BCUT2D eigenvalue weighted by atomic mass is 16.4. The number of carbonyl (C=O) groups is 8. The molecule has 0 spiro atoms. The Balaban J connectivity index is 1.67. The Morgan fingerprint density at radius 1 is 0.610 bits per heavy atom. The molecule has 10 N–H and O–H groups in total. The minimum atomic E-state index is -1.69. The summed E-state index contributed by atoms with van der Waals surface area (Å²) in [6.07, 6.45) is 10.4. The number of primary amides is 2. The first kappa shape index (κ1) is 49.1. The van der Waals surface area contributed by atoms with Crippen molar-refractivity contribution in [3.8, 4) is 0 Å². The van der Waals surface area contributed by atoms with Crippen molar-refractivity contribution in [1.82, 2.24) is 26.6 Å². The number of aliphatic carboxylic acids is 1. The van der Waals surface area contributed by atoms with E-state index in [1.54, 1.807) is 30.3 Å². The summed E-state index contributed by atoms with van der Waals surface area (Å²) in [6.45, 7) is 4.06. The van der Waals surface area contributed by atoms with Crippen molar-refractivity contribution < 1.29 is 43.5 Å². The van der Waals surface area contributed by atoms with Crippen molar-refractivity contribution in [2.45, 2.75) is 121 Å². The van der Waals surface area contributed by atoms with Gasteiger partial charge in [-0.3, -0.25) is 33.6 Å². The monoisotopic (exact) mass is 819 g/mol. The Kier molecular flexibility index (Phi) is 22.9. The Labute approximate surface area is 346 Å². The number of carbonyl (C=O) groups excluding carboxylic acids is 7. The molecule has 16 heteroatoms. The van der Waals surface area contributed by atoms with Crippen molar-refractivity contribution in [2.24, 2.45) is 17.4 Å². The predicted molar refractivity (Wildman–Crippen MR) is 222 cm³/mol. The number of unbranched alkanes of at least 4 members (excludes halogenated alkanes) is 8. The first-order chi connectivity index (χ1) is 28.2. The number of nitrogens with one attached hydrogen (secondary N) is 5. The molecule has 2 aromatic rings. The Hall–Kier alpha value is -6.06. The lowest BCUT2D eigenvalue weighted by atomic mass is 9.97. The van der Waals surface area contributed by atoms with E-state index in [0.29, 0.717) is 30.9 Å². The molecule has 1 unspecified atom stereocenters. The van der Waals surface area contributed by atoms with Crippen molar-refractivity contribution in [2.75, 3.05) is 6.54 Å². The van der Waals surface area contributed by atoms with Gasteiger partial charge in [-0.2, -0.15) is 0 Å². The van der Waals surface area contributed by atoms with Crippen LogP contribution in [-0.4, -0.2) is 83.1 Å². The minimum Gasteiger partial charge on any atom is -0.478 e. The van der Waals surface area contributed by atoms with E-state index in [2.05, 4.69) is 26.6 Å². The van der Waals surface area contributed by atoms with E-state index in [1.807, 2.05) is 44.2 Å². The normalized spacial score (nSPS) is 13.5. The zero-order valence-corrected chi connectivity index (χ0v) is 34.1. The largest absolute Gasteiger partial charge is 0.478 e. The number of carboxylic acids is 1. The summed E-state index contributed by atoms with van der Waals surface area (Å²) in [6, 6.07) is 13.3. The molecule has 0 aliphatic rings. The fourth-order valence-corrected chi connectivity index (χ4v) is 6.18. The zero-order valence-electron chi connectivity index (χ0n) is 34.1. The summed E-state index contributed by atoms with van der Waals surface area (Å²) in [7, 11) is 0. The van der Waals surface area contributed by atoms with Crippen LogP contribution >= 0.6 is 0 Å². The molecule has 0 fully saturated rings. The molecule has 16 nitrogen and oxygen atoms in total. The van der Waals surface area contributed by atoms with Crippen LogP contribution in [0.5, 0.6) is 0 Å². The fourth-order valence-electron chi connectivity index (χ4n) is 6.18. The van der Waals surface area contributed by atoms with Crippen molar-refractivity contribution >= 4 is 47.3 Å². The van der Waals surface area contributed by atoms with Crippen LogP contribution in [0.15, 0.2) is 72.8 Å². The lowest BCUT2D eigenvalue weighted by Gasteiger charge is -2.26. The minimum absolute atomic E-state index is 0.00231. The second-order valence-electron chi connectivity index (χ2n) is 14.6. The van der Waals surface area contributed by atoms with Gasteiger partial charge in [0.15, 0.2) is 6.04 Å². The van der Waals surface area contributed by atoms with Gasteiger partial charge in [0.2, 0.25) is 35.4 Å². The summed E-state index contributed by atoms with van der Waals surface area (Å²) in [4.78, 5) is 99.2. The lowest BCUT2D eigenvalue weighted by molar-refractivity contribution is -0.136.